The lowest BCUT2D eigenvalue weighted by molar-refractivity contribution is -0.155. The van der Waals surface area contributed by atoms with E-state index in [0.717, 1.165) is 6.42 Å². The third-order valence-electron chi connectivity index (χ3n) is 3.38. The molecule has 0 aliphatic heterocycles. The number of nitrogens with one attached hydrogen (secondary N) is 1. The maximum absolute atomic E-state index is 12.0. The predicted octanol–water partition coefficient (Wildman–Crippen LogP) is 3.42. The first kappa shape index (κ1) is 19.3. The van der Waals surface area contributed by atoms with Crippen molar-refractivity contribution in [3.8, 4) is 11.5 Å². The number of esters is 1. The number of amides is 1. The molecule has 0 spiro atoms. The number of rotatable bonds is 9. The second-order valence-electron chi connectivity index (χ2n) is 5.57. The molecule has 1 amide bonds. The Morgan fingerprint density at radius 2 is 1.58 bits per heavy atom. The lowest BCUT2D eigenvalue weighted by atomic mass is 10.3. The van der Waals surface area contributed by atoms with E-state index >= 15 is 0 Å². The van der Waals surface area contributed by atoms with Crippen LogP contribution in [-0.4, -0.2) is 31.2 Å². The van der Waals surface area contributed by atoms with Crippen molar-refractivity contribution in [2.45, 2.75) is 26.4 Å². The lowest BCUT2D eigenvalue weighted by Gasteiger charge is -2.15. The van der Waals surface area contributed by atoms with Crippen molar-refractivity contribution in [1.82, 2.24) is 0 Å². The molecule has 2 aromatic carbocycles. The first-order chi connectivity index (χ1) is 12.6. The van der Waals surface area contributed by atoms with E-state index in [4.69, 9.17) is 14.2 Å². The molecular weight excluding hydrogens is 334 g/mol. The molecule has 0 aliphatic carbocycles. The summed E-state index contributed by atoms with van der Waals surface area (Å²) in [7, 11) is 0. The van der Waals surface area contributed by atoms with E-state index < -0.39 is 18.0 Å². The van der Waals surface area contributed by atoms with E-state index in [0.29, 0.717) is 23.8 Å². The summed E-state index contributed by atoms with van der Waals surface area (Å²) in [5.41, 5.74) is 0.638. The summed E-state index contributed by atoms with van der Waals surface area (Å²) < 4.78 is 16.1. The quantitative estimate of drug-likeness (QED) is 0.696. The van der Waals surface area contributed by atoms with Gasteiger partial charge < -0.3 is 19.5 Å². The zero-order chi connectivity index (χ0) is 18.8. The number of hydrogen-bond donors (Lipinski definition) is 1. The van der Waals surface area contributed by atoms with Crippen LogP contribution < -0.4 is 14.8 Å². The van der Waals surface area contributed by atoms with Gasteiger partial charge in [-0.1, -0.05) is 37.3 Å². The number of anilines is 1. The van der Waals surface area contributed by atoms with Crippen molar-refractivity contribution < 1.29 is 23.8 Å². The van der Waals surface area contributed by atoms with Gasteiger partial charge in [0, 0.05) is 5.69 Å². The van der Waals surface area contributed by atoms with Gasteiger partial charge in [0.1, 0.15) is 0 Å². The minimum Gasteiger partial charge on any atom is -0.490 e. The monoisotopic (exact) mass is 357 g/mol. The standard InChI is InChI=1S/C20H23NO5/c1-3-13-24-17-11-7-8-12-18(17)25-14-19(22)26-15(2)20(23)21-16-9-5-4-6-10-16/h4-12,15H,3,13-14H2,1-2H3,(H,21,23)/t15-/m0/s1. The van der Waals surface area contributed by atoms with Gasteiger partial charge in [0.15, 0.2) is 24.2 Å². The Kier molecular flexibility index (Phi) is 7.49. The summed E-state index contributed by atoms with van der Waals surface area (Å²) in [6.45, 7) is 3.76. The van der Waals surface area contributed by atoms with Crippen LogP contribution >= 0.6 is 0 Å². The van der Waals surface area contributed by atoms with Crippen molar-refractivity contribution in [3.05, 3.63) is 54.6 Å². The van der Waals surface area contributed by atoms with Crippen molar-refractivity contribution >= 4 is 17.6 Å². The molecular formula is C20H23NO5. The van der Waals surface area contributed by atoms with Crippen LogP contribution in [0.25, 0.3) is 0 Å². The van der Waals surface area contributed by atoms with Gasteiger partial charge in [0.25, 0.3) is 5.91 Å². The largest absolute Gasteiger partial charge is 0.490 e. The van der Waals surface area contributed by atoms with Gasteiger partial charge in [-0.2, -0.15) is 0 Å². The number of hydrogen-bond acceptors (Lipinski definition) is 5. The molecule has 6 nitrogen and oxygen atoms in total. The Hall–Kier alpha value is -3.02. The second-order valence-corrected chi connectivity index (χ2v) is 5.57. The third kappa shape index (κ3) is 6.12. The normalized spacial score (nSPS) is 11.3. The Morgan fingerprint density at radius 3 is 2.23 bits per heavy atom. The van der Waals surface area contributed by atoms with Crippen LogP contribution in [0.1, 0.15) is 20.3 Å². The topological polar surface area (TPSA) is 73.9 Å². The van der Waals surface area contributed by atoms with Gasteiger partial charge in [0.2, 0.25) is 0 Å². The highest BCUT2D eigenvalue weighted by Crippen LogP contribution is 2.26. The van der Waals surface area contributed by atoms with E-state index in [1.807, 2.05) is 19.1 Å². The molecule has 2 aromatic rings. The Bertz CT molecular complexity index is 717. The second kappa shape index (κ2) is 10.1. The lowest BCUT2D eigenvalue weighted by Crippen LogP contribution is -2.31. The van der Waals surface area contributed by atoms with Gasteiger partial charge in [-0.3, -0.25) is 4.79 Å². The highest BCUT2D eigenvalue weighted by molar-refractivity contribution is 5.95. The fraction of sp³-hybridized carbons (Fsp3) is 0.300. The minimum atomic E-state index is -0.933. The van der Waals surface area contributed by atoms with Crippen LogP contribution in [0.2, 0.25) is 0 Å². The number of carbonyl (C=O) groups is 2. The van der Waals surface area contributed by atoms with E-state index in [9.17, 15) is 9.59 Å². The summed E-state index contributed by atoms with van der Waals surface area (Å²) in [4.78, 5) is 24.0. The Morgan fingerprint density at radius 1 is 0.962 bits per heavy atom. The molecule has 2 rings (SSSR count). The van der Waals surface area contributed by atoms with Crippen molar-refractivity contribution in [2.24, 2.45) is 0 Å². The number of benzene rings is 2. The van der Waals surface area contributed by atoms with Crippen LogP contribution in [0.5, 0.6) is 11.5 Å². The first-order valence-corrected chi connectivity index (χ1v) is 8.50. The SMILES string of the molecule is CCCOc1ccccc1OCC(=O)O[C@@H](C)C(=O)Nc1ccccc1. The van der Waals surface area contributed by atoms with E-state index in [2.05, 4.69) is 5.32 Å². The van der Waals surface area contributed by atoms with Gasteiger partial charge >= 0.3 is 5.97 Å². The molecule has 6 heteroatoms. The molecule has 0 saturated heterocycles. The maximum atomic E-state index is 12.0. The molecule has 0 heterocycles. The van der Waals surface area contributed by atoms with Gasteiger partial charge in [-0.25, -0.2) is 4.79 Å². The summed E-state index contributed by atoms with van der Waals surface area (Å²) in [5, 5.41) is 2.68. The minimum absolute atomic E-state index is 0.310. The van der Waals surface area contributed by atoms with Gasteiger partial charge in [-0.15, -0.1) is 0 Å². The van der Waals surface area contributed by atoms with Crippen LogP contribution in [-0.2, 0) is 14.3 Å². The van der Waals surface area contributed by atoms with Gasteiger partial charge in [0.05, 0.1) is 6.61 Å². The first-order valence-electron chi connectivity index (χ1n) is 8.50. The molecule has 0 saturated carbocycles. The van der Waals surface area contributed by atoms with Crippen LogP contribution in [0, 0.1) is 0 Å². The fourth-order valence-electron chi connectivity index (χ4n) is 2.09. The molecule has 138 valence electrons. The van der Waals surface area contributed by atoms with Crippen molar-refractivity contribution in [3.63, 3.8) is 0 Å². The molecule has 0 bridgehead atoms. The van der Waals surface area contributed by atoms with Crippen LogP contribution in [0.4, 0.5) is 5.69 Å². The van der Waals surface area contributed by atoms with Crippen LogP contribution in [0.15, 0.2) is 54.6 Å². The number of ether oxygens (including phenoxy) is 3. The van der Waals surface area contributed by atoms with E-state index in [1.165, 1.54) is 6.92 Å². The van der Waals surface area contributed by atoms with Crippen molar-refractivity contribution in [1.29, 1.82) is 0 Å². The third-order valence-corrected chi connectivity index (χ3v) is 3.38. The average Bonchev–Trinajstić information content (AvgIpc) is 2.66. The fourth-order valence-corrected chi connectivity index (χ4v) is 2.09. The summed E-state index contributed by atoms with van der Waals surface area (Å²) in [6.07, 6.45) is -0.0670. The molecule has 0 aliphatic rings. The van der Waals surface area contributed by atoms with Gasteiger partial charge in [-0.05, 0) is 37.6 Å². The molecule has 26 heavy (non-hydrogen) atoms. The van der Waals surface area contributed by atoms with Crippen molar-refractivity contribution in [2.75, 3.05) is 18.5 Å². The summed E-state index contributed by atoms with van der Waals surface area (Å²) >= 11 is 0. The molecule has 0 aromatic heterocycles. The Balaban J connectivity index is 1.82. The highest BCUT2D eigenvalue weighted by Gasteiger charge is 2.18. The number of carbonyl (C=O) groups excluding carboxylic acids is 2. The molecule has 0 radical (unpaired) electrons. The summed E-state index contributed by atoms with van der Waals surface area (Å²) in [6, 6.07) is 16.1. The molecule has 1 atom stereocenters. The molecule has 0 fully saturated rings. The van der Waals surface area contributed by atoms with E-state index in [1.54, 1.807) is 42.5 Å². The smallest absolute Gasteiger partial charge is 0.344 e. The average molecular weight is 357 g/mol. The molecule has 1 N–H and O–H groups in total. The van der Waals surface area contributed by atoms with E-state index in [-0.39, 0.29) is 6.61 Å². The summed E-state index contributed by atoms with van der Waals surface area (Å²) in [5.74, 6) is -0.0152. The molecule has 0 unspecified atom stereocenters. The number of para-hydroxylation sites is 3. The predicted molar refractivity (Wildman–Crippen MR) is 98.3 cm³/mol. The maximum Gasteiger partial charge on any atom is 0.344 e. The zero-order valence-electron chi connectivity index (χ0n) is 14.9. The highest BCUT2D eigenvalue weighted by atomic mass is 16.6. The Labute approximate surface area is 153 Å². The zero-order valence-corrected chi connectivity index (χ0v) is 14.9. The van der Waals surface area contributed by atoms with Crippen LogP contribution in [0.3, 0.4) is 0 Å².